The van der Waals surface area contributed by atoms with Crippen molar-refractivity contribution in [1.29, 1.82) is 0 Å². The number of nitrogens with one attached hydrogen (secondary N) is 1. The quantitative estimate of drug-likeness (QED) is 0.281. The molecule has 4 aromatic rings. The summed E-state index contributed by atoms with van der Waals surface area (Å²) < 4.78 is 6.04. The molecule has 0 saturated heterocycles. The fraction of sp³-hybridized carbons (Fsp3) is 0.226. The molecule has 6 heteroatoms. The molecule has 5 nitrogen and oxygen atoms in total. The molecule has 190 valence electrons. The molecule has 0 fully saturated rings. The number of hydrogen-bond donors (Lipinski definition) is 1. The van der Waals surface area contributed by atoms with E-state index in [-0.39, 0.29) is 31.0 Å². The van der Waals surface area contributed by atoms with Crippen LogP contribution < -0.4 is 10.1 Å². The lowest BCUT2D eigenvalue weighted by Gasteiger charge is -2.32. The lowest BCUT2D eigenvalue weighted by atomic mass is 10.0. The van der Waals surface area contributed by atoms with E-state index >= 15 is 0 Å². The average Bonchev–Trinajstić information content (AvgIpc) is 2.90. The fourth-order valence-electron chi connectivity index (χ4n) is 4.29. The number of amides is 2. The highest BCUT2D eigenvalue weighted by atomic mass is 35.5. The van der Waals surface area contributed by atoms with Crippen molar-refractivity contribution in [3.05, 3.63) is 113 Å². The number of carbonyl (C=O) groups is 2. The summed E-state index contributed by atoms with van der Waals surface area (Å²) in [4.78, 5) is 28.8. The van der Waals surface area contributed by atoms with Gasteiger partial charge in [-0.25, -0.2) is 0 Å². The summed E-state index contributed by atoms with van der Waals surface area (Å²) in [5.41, 5.74) is 1.72. The number of ether oxygens (including phenoxy) is 1. The summed E-state index contributed by atoms with van der Waals surface area (Å²) in [6, 6.07) is 29.9. The van der Waals surface area contributed by atoms with Crippen LogP contribution in [-0.4, -0.2) is 35.4 Å². The van der Waals surface area contributed by atoms with E-state index in [2.05, 4.69) is 5.32 Å². The number of carbonyl (C=O) groups excluding carboxylic acids is 2. The Morgan fingerprint density at radius 2 is 1.54 bits per heavy atom. The smallest absolute Gasteiger partial charge is 0.261 e. The number of hydrogen-bond acceptors (Lipinski definition) is 3. The minimum absolute atomic E-state index is 0.0741. The van der Waals surface area contributed by atoms with E-state index in [9.17, 15) is 9.59 Å². The topological polar surface area (TPSA) is 58.6 Å². The van der Waals surface area contributed by atoms with Crippen LogP contribution in [0.4, 0.5) is 0 Å². The molecule has 0 unspecified atom stereocenters. The van der Waals surface area contributed by atoms with Gasteiger partial charge in [0.05, 0.1) is 0 Å². The molecule has 1 N–H and O–H groups in total. The lowest BCUT2D eigenvalue weighted by Crippen LogP contribution is -2.52. The van der Waals surface area contributed by atoms with E-state index in [1.54, 1.807) is 11.0 Å². The Balaban J connectivity index is 1.65. The first kappa shape index (κ1) is 26.2. The predicted molar refractivity (Wildman–Crippen MR) is 149 cm³/mol. The van der Waals surface area contributed by atoms with E-state index in [4.69, 9.17) is 16.3 Å². The van der Waals surface area contributed by atoms with Crippen molar-refractivity contribution in [2.45, 2.75) is 38.9 Å². The molecular formula is C31H31ClN2O3. The zero-order chi connectivity index (χ0) is 26.2. The second kappa shape index (κ2) is 12.4. The Bertz CT molecular complexity index is 1350. The van der Waals surface area contributed by atoms with Gasteiger partial charge in [-0.15, -0.1) is 0 Å². The third-order valence-electron chi connectivity index (χ3n) is 6.10. The van der Waals surface area contributed by atoms with Crippen molar-refractivity contribution >= 4 is 34.2 Å². The first-order chi connectivity index (χ1) is 17.9. The summed E-state index contributed by atoms with van der Waals surface area (Å²) in [5.74, 6) is 0.104. The second-order valence-electron chi connectivity index (χ2n) is 9.25. The van der Waals surface area contributed by atoms with Crippen LogP contribution in [0.15, 0.2) is 97.1 Å². The largest absolute Gasteiger partial charge is 0.483 e. The summed E-state index contributed by atoms with van der Waals surface area (Å²) in [6.45, 7) is 3.78. The van der Waals surface area contributed by atoms with Gasteiger partial charge in [0.1, 0.15) is 11.8 Å². The first-order valence-electron chi connectivity index (χ1n) is 12.4. The zero-order valence-electron chi connectivity index (χ0n) is 21.1. The minimum atomic E-state index is -0.746. The number of fused-ring (bicyclic) bond motifs is 1. The lowest BCUT2D eigenvalue weighted by molar-refractivity contribution is -0.143. The average molecular weight is 515 g/mol. The molecule has 0 aliphatic rings. The molecule has 0 radical (unpaired) electrons. The Kier molecular flexibility index (Phi) is 8.81. The molecule has 0 bridgehead atoms. The molecule has 0 saturated carbocycles. The van der Waals surface area contributed by atoms with Crippen LogP contribution in [-0.2, 0) is 22.6 Å². The van der Waals surface area contributed by atoms with E-state index in [0.717, 1.165) is 21.9 Å². The van der Waals surface area contributed by atoms with Crippen LogP contribution >= 0.6 is 11.6 Å². The van der Waals surface area contributed by atoms with Crippen LogP contribution in [0.5, 0.6) is 5.75 Å². The van der Waals surface area contributed by atoms with Crippen molar-refractivity contribution in [2.24, 2.45) is 0 Å². The maximum atomic E-state index is 13.8. The highest BCUT2D eigenvalue weighted by molar-refractivity contribution is 6.31. The van der Waals surface area contributed by atoms with Crippen molar-refractivity contribution in [3.63, 3.8) is 0 Å². The van der Waals surface area contributed by atoms with Crippen LogP contribution in [0.1, 0.15) is 25.0 Å². The molecule has 37 heavy (non-hydrogen) atoms. The molecule has 4 rings (SSSR count). The van der Waals surface area contributed by atoms with Gasteiger partial charge in [-0.1, -0.05) is 96.5 Å². The Morgan fingerprint density at radius 1 is 0.865 bits per heavy atom. The maximum absolute atomic E-state index is 13.8. The van der Waals surface area contributed by atoms with E-state index in [0.29, 0.717) is 17.2 Å². The van der Waals surface area contributed by atoms with Crippen molar-refractivity contribution in [3.8, 4) is 5.75 Å². The standard InChI is InChI=1S/C31H31ClN2O3/c1-22(2)33-31(36)28(19-23-11-4-3-5-12-23)34(20-25-14-7-9-17-27(25)32)30(35)21-37-29-18-10-15-24-13-6-8-16-26(24)29/h3-18,22,28H,19-21H2,1-2H3,(H,33,36)/t28-/m0/s1. The third kappa shape index (κ3) is 6.89. The number of benzene rings is 4. The summed E-state index contributed by atoms with van der Waals surface area (Å²) in [7, 11) is 0. The Hall–Kier alpha value is -3.83. The molecule has 0 aromatic heterocycles. The van der Waals surface area contributed by atoms with Gasteiger partial charge >= 0.3 is 0 Å². The van der Waals surface area contributed by atoms with Crippen LogP contribution in [0.25, 0.3) is 10.8 Å². The van der Waals surface area contributed by atoms with Gasteiger partial charge in [-0.2, -0.15) is 0 Å². The van der Waals surface area contributed by atoms with E-state index in [1.807, 2.05) is 105 Å². The van der Waals surface area contributed by atoms with E-state index < -0.39 is 6.04 Å². The molecule has 0 aliphatic heterocycles. The van der Waals surface area contributed by atoms with Gasteiger partial charge in [0, 0.05) is 29.4 Å². The molecule has 0 aliphatic carbocycles. The molecule has 2 amide bonds. The first-order valence-corrected chi connectivity index (χ1v) is 12.8. The normalized spacial score (nSPS) is 11.8. The van der Waals surface area contributed by atoms with Crippen molar-refractivity contribution in [2.75, 3.05) is 6.61 Å². The summed E-state index contributed by atoms with van der Waals surface area (Å²) in [6.07, 6.45) is 0.365. The SMILES string of the molecule is CC(C)NC(=O)[C@H](Cc1ccccc1)N(Cc1ccccc1Cl)C(=O)COc1cccc2ccccc12. The molecule has 0 spiro atoms. The van der Waals surface area contributed by atoms with Gasteiger partial charge in [0.15, 0.2) is 6.61 Å². The maximum Gasteiger partial charge on any atom is 0.261 e. The van der Waals surface area contributed by atoms with Gasteiger partial charge < -0.3 is 15.0 Å². The van der Waals surface area contributed by atoms with Crippen LogP contribution in [0, 0.1) is 0 Å². The van der Waals surface area contributed by atoms with Crippen molar-refractivity contribution in [1.82, 2.24) is 10.2 Å². The summed E-state index contributed by atoms with van der Waals surface area (Å²) >= 11 is 6.47. The molecule has 1 atom stereocenters. The monoisotopic (exact) mass is 514 g/mol. The van der Waals surface area contributed by atoms with Gasteiger partial charge in [-0.05, 0) is 42.5 Å². The van der Waals surface area contributed by atoms with E-state index in [1.165, 1.54) is 0 Å². The number of nitrogens with zero attached hydrogens (tertiary/aromatic N) is 1. The third-order valence-corrected chi connectivity index (χ3v) is 6.47. The highest BCUT2D eigenvalue weighted by Gasteiger charge is 2.31. The van der Waals surface area contributed by atoms with Crippen molar-refractivity contribution < 1.29 is 14.3 Å². The number of halogens is 1. The van der Waals surface area contributed by atoms with Gasteiger partial charge in [0.25, 0.3) is 5.91 Å². The van der Waals surface area contributed by atoms with Gasteiger partial charge in [0.2, 0.25) is 5.91 Å². The zero-order valence-corrected chi connectivity index (χ0v) is 21.8. The fourth-order valence-corrected chi connectivity index (χ4v) is 4.48. The Morgan fingerprint density at radius 3 is 2.30 bits per heavy atom. The van der Waals surface area contributed by atoms with Crippen LogP contribution in [0.2, 0.25) is 5.02 Å². The van der Waals surface area contributed by atoms with Crippen LogP contribution in [0.3, 0.4) is 0 Å². The van der Waals surface area contributed by atoms with Gasteiger partial charge in [-0.3, -0.25) is 9.59 Å². The molecule has 4 aromatic carbocycles. The Labute approximate surface area is 223 Å². The minimum Gasteiger partial charge on any atom is -0.483 e. The molecule has 0 heterocycles. The summed E-state index contributed by atoms with van der Waals surface area (Å²) in [5, 5.41) is 5.48. The predicted octanol–water partition coefficient (Wildman–Crippen LogP) is 6.04. The molecular weight excluding hydrogens is 484 g/mol. The second-order valence-corrected chi connectivity index (χ2v) is 9.66. The number of rotatable bonds is 10. The highest BCUT2D eigenvalue weighted by Crippen LogP contribution is 2.26.